The Bertz CT molecular complexity index is 1020. The van der Waals surface area contributed by atoms with Gasteiger partial charge in [0.25, 0.3) is 5.91 Å². The summed E-state index contributed by atoms with van der Waals surface area (Å²) in [5.74, 6) is -0.408. The Morgan fingerprint density at radius 3 is 2.48 bits per heavy atom. The Labute approximate surface area is 165 Å². The van der Waals surface area contributed by atoms with E-state index in [1.54, 1.807) is 36.4 Å². The molecule has 0 bridgehead atoms. The molecule has 29 heavy (non-hydrogen) atoms. The zero-order valence-corrected chi connectivity index (χ0v) is 15.4. The highest BCUT2D eigenvalue weighted by molar-refractivity contribution is 6.05. The maximum absolute atomic E-state index is 12.7. The molecule has 0 unspecified atom stereocenters. The van der Waals surface area contributed by atoms with Crippen molar-refractivity contribution in [2.45, 2.75) is 19.6 Å². The summed E-state index contributed by atoms with van der Waals surface area (Å²) in [6, 6.07) is 13.9. The first kappa shape index (κ1) is 20.2. The normalized spacial score (nSPS) is 11.2. The molecule has 3 N–H and O–H groups in total. The van der Waals surface area contributed by atoms with Crippen molar-refractivity contribution in [3.05, 3.63) is 83.2 Å². The standard InChI is InChI=1S/C21H18F3N3O2/c1-13-2-7-18(28)17(10-13)27-20(29)15-5-3-14(4-6-15)12-26-16-8-9-25-19(11-16)21(22,23)24/h2-11,28H,12H2,1H3,(H,25,26)(H,27,29). The van der Waals surface area contributed by atoms with E-state index >= 15 is 0 Å². The number of carbonyl (C=O) groups excluding carboxylic acids is 1. The largest absolute Gasteiger partial charge is 0.506 e. The summed E-state index contributed by atoms with van der Waals surface area (Å²) in [4.78, 5) is 15.7. The molecule has 150 valence electrons. The number of alkyl halides is 3. The number of phenols is 1. The number of amides is 1. The van der Waals surface area contributed by atoms with Crippen LogP contribution in [0.5, 0.6) is 5.75 Å². The Morgan fingerprint density at radius 2 is 1.79 bits per heavy atom. The van der Waals surface area contributed by atoms with E-state index in [9.17, 15) is 23.1 Å². The summed E-state index contributed by atoms with van der Waals surface area (Å²) >= 11 is 0. The number of phenolic OH excluding ortho intramolecular Hbond substituents is 1. The first-order valence-corrected chi connectivity index (χ1v) is 8.69. The Balaban J connectivity index is 1.63. The van der Waals surface area contributed by atoms with Crippen LogP contribution in [0.4, 0.5) is 24.5 Å². The molecule has 1 aromatic heterocycles. The number of halogens is 3. The van der Waals surface area contributed by atoms with Gasteiger partial charge in [-0.1, -0.05) is 18.2 Å². The van der Waals surface area contributed by atoms with Gasteiger partial charge < -0.3 is 15.7 Å². The number of aromatic hydroxyl groups is 1. The molecule has 0 radical (unpaired) electrons. The quantitative estimate of drug-likeness (QED) is 0.527. The number of rotatable bonds is 5. The van der Waals surface area contributed by atoms with E-state index in [0.29, 0.717) is 16.9 Å². The monoisotopic (exact) mass is 401 g/mol. The second-order valence-electron chi connectivity index (χ2n) is 6.45. The number of hydrogen-bond acceptors (Lipinski definition) is 4. The van der Waals surface area contributed by atoms with Crippen molar-refractivity contribution in [2.75, 3.05) is 10.6 Å². The molecule has 0 spiro atoms. The first-order chi connectivity index (χ1) is 13.7. The third kappa shape index (κ3) is 5.25. The van der Waals surface area contributed by atoms with Crippen LogP contribution >= 0.6 is 0 Å². The lowest BCUT2D eigenvalue weighted by Crippen LogP contribution is -2.12. The highest BCUT2D eigenvalue weighted by Gasteiger charge is 2.32. The molecule has 0 aliphatic heterocycles. The molecular formula is C21H18F3N3O2. The summed E-state index contributed by atoms with van der Waals surface area (Å²) < 4.78 is 38.1. The summed E-state index contributed by atoms with van der Waals surface area (Å²) in [5, 5.41) is 15.4. The third-order valence-corrected chi connectivity index (χ3v) is 4.16. The molecule has 3 rings (SSSR count). The van der Waals surface area contributed by atoms with E-state index in [4.69, 9.17) is 0 Å². The molecule has 8 heteroatoms. The Kier molecular flexibility index (Phi) is 5.72. The molecule has 0 aliphatic rings. The average molecular weight is 401 g/mol. The molecule has 2 aromatic carbocycles. The summed E-state index contributed by atoms with van der Waals surface area (Å²) in [6.07, 6.45) is -3.41. The smallest absolute Gasteiger partial charge is 0.433 e. The van der Waals surface area contributed by atoms with Gasteiger partial charge in [-0.3, -0.25) is 9.78 Å². The lowest BCUT2D eigenvalue weighted by atomic mass is 10.1. The minimum Gasteiger partial charge on any atom is -0.506 e. The second-order valence-corrected chi connectivity index (χ2v) is 6.45. The van der Waals surface area contributed by atoms with Crippen LogP contribution in [0.1, 0.15) is 27.2 Å². The van der Waals surface area contributed by atoms with Crippen LogP contribution in [-0.2, 0) is 12.7 Å². The van der Waals surface area contributed by atoms with Crippen molar-refractivity contribution in [1.82, 2.24) is 4.98 Å². The van der Waals surface area contributed by atoms with Gasteiger partial charge in [0.15, 0.2) is 0 Å². The zero-order valence-electron chi connectivity index (χ0n) is 15.4. The van der Waals surface area contributed by atoms with E-state index in [1.807, 2.05) is 6.92 Å². The molecule has 0 aliphatic carbocycles. The molecule has 1 heterocycles. The number of nitrogens with zero attached hydrogens (tertiary/aromatic N) is 1. The number of hydrogen-bond donors (Lipinski definition) is 3. The van der Waals surface area contributed by atoms with Crippen molar-refractivity contribution in [3.63, 3.8) is 0 Å². The number of benzene rings is 2. The fourth-order valence-electron chi connectivity index (χ4n) is 2.62. The Morgan fingerprint density at radius 1 is 1.07 bits per heavy atom. The van der Waals surface area contributed by atoms with Crippen LogP contribution in [0.3, 0.4) is 0 Å². The van der Waals surface area contributed by atoms with Crippen molar-refractivity contribution in [1.29, 1.82) is 0 Å². The number of aryl methyl sites for hydroxylation is 1. The van der Waals surface area contributed by atoms with Gasteiger partial charge in [0, 0.05) is 24.0 Å². The van der Waals surface area contributed by atoms with Crippen molar-refractivity contribution in [2.24, 2.45) is 0 Å². The maximum atomic E-state index is 12.7. The molecule has 0 saturated carbocycles. The predicted octanol–water partition coefficient (Wildman–Crippen LogP) is 4.98. The van der Waals surface area contributed by atoms with E-state index in [0.717, 1.165) is 23.4 Å². The number of aromatic nitrogens is 1. The van der Waals surface area contributed by atoms with Gasteiger partial charge in [-0.2, -0.15) is 13.2 Å². The molecule has 0 atom stereocenters. The van der Waals surface area contributed by atoms with Crippen LogP contribution in [0.2, 0.25) is 0 Å². The highest BCUT2D eigenvalue weighted by atomic mass is 19.4. The summed E-state index contributed by atoms with van der Waals surface area (Å²) in [5.41, 5.74) is 1.71. The van der Waals surface area contributed by atoms with Crippen LogP contribution < -0.4 is 10.6 Å². The van der Waals surface area contributed by atoms with Crippen LogP contribution in [0.25, 0.3) is 0 Å². The van der Waals surface area contributed by atoms with E-state index < -0.39 is 11.9 Å². The van der Waals surface area contributed by atoms with E-state index in [2.05, 4.69) is 15.6 Å². The molecule has 5 nitrogen and oxygen atoms in total. The van der Waals surface area contributed by atoms with Gasteiger partial charge in [-0.15, -0.1) is 0 Å². The number of nitrogens with one attached hydrogen (secondary N) is 2. The summed E-state index contributed by atoms with van der Waals surface area (Å²) in [7, 11) is 0. The SMILES string of the molecule is Cc1ccc(O)c(NC(=O)c2ccc(CNc3ccnc(C(F)(F)F)c3)cc2)c1. The van der Waals surface area contributed by atoms with Gasteiger partial charge in [-0.25, -0.2) is 0 Å². The van der Waals surface area contributed by atoms with E-state index in [-0.39, 0.29) is 18.2 Å². The first-order valence-electron chi connectivity index (χ1n) is 8.69. The molecule has 0 fully saturated rings. The van der Waals surface area contributed by atoms with Crippen molar-refractivity contribution in [3.8, 4) is 5.75 Å². The highest BCUT2D eigenvalue weighted by Crippen LogP contribution is 2.29. The molecular weight excluding hydrogens is 383 g/mol. The molecule has 3 aromatic rings. The van der Waals surface area contributed by atoms with Gasteiger partial charge in [-0.05, 0) is 54.4 Å². The van der Waals surface area contributed by atoms with Crippen LogP contribution in [0.15, 0.2) is 60.8 Å². The molecule has 1 amide bonds. The average Bonchev–Trinajstić information content (AvgIpc) is 2.69. The molecule has 0 saturated heterocycles. The van der Waals surface area contributed by atoms with Crippen molar-refractivity contribution >= 4 is 17.3 Å². The maximum Gasteiger partial charge on any atom is 0.433 e. The Hall–Kier alpha value is -3.55. The number of carbonyl (C=O) groups is 1. The lowest BCUT2D eigenvalue weighted by molar-refractivity contribution is -0.141. The summed E-state index contributed by atoms with van der Waals surface area (Å²) in [6.45, 7) is 2.12. The van der Waals surface area contributed by atoms with Gasteiger partial charge in [0.1, 0.15) is 11.4 Å². The van der Waals surface area contributed by atoms with Gasteiger partial charge >= 0.3 is 6.18 Å². The fraction of sp³-hybridized carbons (Fsp3) is 0.143. The van der Waals surface area contributed by atoms with Gasteiger partial charge in [0.2, 0.25) is 0 Å². The van der Waals surface area contributed by atoms with Crippen molar-refractivity contribution < 1.29 is 23.1 Å². The number of anilines is 2. The minimum atomic E-state index is -4.50. The van der Waals surface area contributed by atoms with Crippen LogP contribution in [-0.4, -0.2) is 16.0 Å². The number of pyridine rings is 1. The topological polar surface area (TPSA) is 74.2 Å². The third-order valence-electron chi connectivity index (χ3n) is 4.16. The van der Waals surface area contributed by atoms with Crippen LogP contribution in [0, 0.1) is 6.92 Å². The zero-order chi connectivity index (χ0) is 21.0. The second kappa shape index (κ2) is 8.22. The minimum absolute atomic E-state index is 0.0275. The fourth-order valence-corrected chi connectivity index (χ4v) is 2.62. The van der Waals surface area contributed by atoms with E-state index in [1.165, 1.54) is 12.1 Å². The lowest BCUT2D eigenvalue weighted by Gasteiger charge is -2.11. The van der Waals surface area contributed by atoms with Gasteiger partial charge in [0.05, 0.1) is 5.69 Å². The predicted molar refractivity (Wildman–Crippen MR) is 104 cm³/mol.